The molecule has 35 heavy (non-hydrogen) atoms. The van der Waals surface area contributed by atoms with Gasteiger partial charge in [-0.3, -0.25) is 4.98 Å². The number of hydrogen-bond acceptors (Lipinski definition) is 2. The summed E-state index contributed by atoms with van der Waals surface area (Å²) in [7, 11) is 0. The predicted molar refractivity (Wildman–Crippen MR) is 144 cm³/mol. The van der Waals surface area contributed by atoms with Crippen LogP contribution >= 0.6 is 12.2 Å². The molecule has 2 aromatic heterocycles. The minimum absolute atomic E-state index is 0.145. The van der Waals surface area contributed by atoms with Crippen molar-refractivity contribution >= 4 is 23.0 Å². The first kappa shape index (κ1) is 23.2. The number of anilines is 1. The Balaban J connectivity index is 1.71. The summed E-state index contributed by atoms with van der Waals surface area (Å²) in [5.74, 6) is -0.270. The second-order valence-corrected chi connectivity index (χ2v) is 9.77. The highest BCUT2D eigenvalue weighted by atomic mass is 32.1. The van der Waals surface area contributed by atoms with Gasteiger partial charge in [0, 0.05) is 23.3 Å². The lowest BCUT2D eigenvalue weighted by molar-refractivity contribution is 0.565. The Hall–Kier alpha value is -3.51. The molecule has 4 nitrogen and oxygen atoms in total. The zero-order valence-electron chi connectivity index (χ0n) is 20.6. The highest BCUT2D eigenvalue weighted by Gasteiger charge is 2.42. The number of nitrogens with one attached hydrogen (secondary N) is 1. The van der Waals surface area contributed by atoms with Gasteiger partial charge in [0.25, 0.3) is 0 Å². The Bertz CT molecular complexity index is 1390. The highest BCUT2D eigenvalue weighted by Crippen LogP contribution is 2.44. The molecule has 2 atom stereocenters. The molecule has 178 valence electrons. The average molecular weight is 485 g/mol. The van der Waals surface area contributed by atoms with Crippen LogP contribution < -0.4 is 10.2 Å². The molecule has 0 bridgehead atoms. The number of pyridine rings is 1. The number of hydrogen-bond donors (Lipinski definition) is 1. The Labute approximate surface area is 211 Å². The second kappa shape index (κ2) is 8.93. The number of aromatic nitrogens is 2. The van der Waals surface area contributed by atoms with Gasteiger partial charge in [-0.2, -0.15) is 0 Å². The van der Waals surface area contributed by atoms with E-state index in [4.69, 9.17) is 12.2 Å². The SMILES string of the molecule is Cc1cc(C)c(-n2c(C)cc([C@H]3[C@H](c4ccccn4)NC(=S)N3c3ccc(F)cc3)c2C)c(C)c1. The summed E-state index contributed by atoms with van der Waals surface area (Å²) in [6, 6.07) is 18.9. The van der Waals surface area contributed by atoms with Gasteiger partial charge in [0.15, 0.2) is 5.11 Å². The molecule has 0 aliphatic carbocycles. The van der Waals surface area contributed by atoms with Crippen molar-refractivity contribution in [1.29, 1.82) is 0 Å². The fourth-order valence-electron chi connectivity index (χ4n) is 5.51. The number of halogens is 1. The summed E-state index contributed by atoms with van der Waals surface area (Å²) < 4.78 is 16.1. The predicted octanol–water partition coefficient (Wildman–Crippen LogP) is 6.73. The van der Waals surface area contributed by atoms with E-state index in [1.165, 1.54) is 34.5 Å². The molecule has 1 N–H and O–H groups in total. The van der Waals surface area contributed by atoms with Crippen LogP contribution in [0.3, 0.4) is 0 Å². The normalized spacial score (nSPS) is 17.7. The van der Waals surface area contributed by atoms with E-state index >= 15 is 0 Å². The van der Waals surface area contributed by atoms with E-state index in [0.29, 0.717) is 5.11 Å². The lowest BCUT2D eigenvalue weighted by Gasteiger charge is -2.28. The third kappa shape index (κ3) is 4.02. The molecule has 5 rings (SSSR count). The van der Waals surface area contributed by atoms with Gasteiger partial charge in [-0.05, 0) is 106 Å². The standard InChI is InChI=1S/C29H29FN4S/c1-17-14-18(2)27(19(3)15-17)33-20(4)16-24(21(33)5)28-26(25-8-6-7-13-31-25)32-29(35)34(28)23-11-9-22(30)10-12-23/h6-16,26,28H,1-5H3,(H,32,35)/t26-,28-/m0/s1. The molecule has 0 radical (unpaired) electrons. The molecule has 0 spiro atoms. The fraction of sp³-hybridized carbons (Fsp3) is 0.241. The van der Waals surface area contributed by atoms with E-state index in [2.05, 4.69) is 72.6 Å². The molecule has 1 aliphatic heterocycles. The molecule has 1 saturated heterocycles. The van der Waals surface area contributed by atoms with E-state index in [0.717, 1.165) is 28.3 Å². The van der Waals surface area contributed by atoms with E-state index in [1.807, 2.05) is 18.2 Å². The summed E-state index contributed by atoms with van der Waals surface area (Å²) in [4.78, 5) is 6.74. The fourth-order valence-corrected chi connectivity index (χ4v) is 5.85. The van der Waals surface area contributed by atoms with Crippen LogP contribution in [0.15, 0.2) is 66.9 Å². The number of rotatable bonds is 4. The molecular formula is C29H29FN4S. The molecule has 0 amide bonds. The summed E-state index contributed by atoms with van der Waals surface area (Å²) in [6.07, 6.45) is 1.81. The van der Waals surface area contributed by atoms with Gasteiger partial charge < -0.3 is 14.8 Å². The molecule has 6 heteroatoms. The minimum Gasteiger partial charge on any atom is -0.351 e. The first-order valence-corrected chi connectivity index (χ1v) is 12.2. The maximum Gasteiger partial charge on any atom is 0.174 e. The van der Waals surface area contributed by atoms with Crippen molar-refractivity contribution in [3.63, 3.8) is 0 Å². The number of thiocarbonyl (C=S) groups is 1. The van der Waals surface area contributed by atoms with Crippen molar-refractivity contribution in [3.05, 3.63) is 112 Å². The summed E-state index contributed by atoms with van der Waals surface area (Å²) in [5, 5.41) is 4.10. The Kier molecular flexibility index (Phi) is 5.93. The van der Waals surface area contributed by atoms with Crippen molar-refractivity contribution in [2.24, 2.45) is 0 Å². The van der Waals surface area contributed by atoms with Crippen molar-refractivity contribution < 1.29 is 4.39 Å². The third-order valence-electron chi connectivity index (χ3n) is 6.85. The first-order valence-electron chi connectivity index (χ1n) is 11.8. The second-order valence-electron chi connectivity index (χ2n) is 9.38. The summed E-state index contributed by atoms with van der Waals surface area (Å²) in [5.41, 5.74) is 10.2. The van der Waals surface area contributed by atoms with Gasteiger partial charge in [-0.25, -0.2) is 4.39 Å². The maximum absolute atomic E-state index is 13.8. The monoisotopic (exact) mass is 484 g/mol. The van der Waals surface area contributed by atoms with E-state index in [-0.39, 0.29) is 17.9 Å². The molecule has 0 unspecified atom stereocenters. The quantitative estimate of drug-likeness (QED) is 0.326. The molecular weight excluding hydrogens is 455 g/mol. The third-order valence-corrected chi connectivity index (χ3v) is 7.17. The molecule has 0 saturated carbocycles. The first-order chi connectivity index (χ1) is 16.8. The molecule has 2 aromatic carbocycles. The van der Waals surface area contributed by atoms with Crippen molar-refractivity contribution in [1.82, 2.24) is 14.9 Å². The Morgan fingerprint density at radius 3 is 2.23 bits per heavy atom. The van der Waals surface area contributed by atoms with Gasteiger partial charge in [-0.15, -0.1) is 0 Å². The van der Waals surface area contributed by atoms with Gasteiger partial charge in [0.2, 0.25) is 0 Å². The number of aryl methyl sites for hydroxylation is 4. The average Bonchev–Trinajstić information content (AvgIpc) is 3.30. The molecule has 3 heterocycles. The van der Waals surface area contributed by atoms with Gasteiger partial charge in [0.05, 0.1) is 23.5 Å². The van der Waals surface area contributed by atoms with E-state index in [1.54, 1.807) is 18.3 Å². The van der Waals surface area contributed by atoms with Crippen LogP contribution in [-0.4, -0.2) is 14.7 Å². The number of nitrogens with zero attached hydrogens (tertiary/aromatic N) is 3. The smallest absolute Gasteiger partial charge is 0.174 e. The van der Waals surface area contributed by atoms with Crippen LogP contribution in [0.4, 0.5) is 10.1 Å². The summed E-state index contributed by atoms with van der Waals surface area (Å²) >= 11 is 5.83. The lowest BCUT2D eigenvalue weighted by Crippen LogP contribution is -2.29. The Morgan fingerprint density at radius 2 is 1.60 bits per heavy atom. The highest BCUT2D eigenvalue weighted by molar-refractivity contribution is 7.80. The van der Waals surface area contributed by atoms with Gasteiger partial charge >= 0.3 is 0 Å². The lowest BCUT2D eigenvalue weighted by atomic mass is 9.96. The zero-order valence-corrected chi connectivity index (χ0v) is 21.4. The zero-order chi connectivity index (χ0) is 24.9. The van der Waals surface area contributed by atoms with Crippen molar-refractivity contribution in [3.8, 4) is 5.69 Å². The minimum atomic E-state index is -0.270. The van der Waals surface area contributed by atoms with Crippen molar-refractivity contribution in [2.75, 3.05) is 4.90 Å². The Morgan fingerprint density at radius 1 is 0.914 bits per heavy atom. The van der Waals surface area contributed by atoms with Crippen LogP contribution in [0, 0.1) is 40.4 Å². The maximum atomic E-state index is 13.8. The van der Waals surface area contributed by atoms with Crippen LogP contribution in [0.25, 0.3) is 5.69 Å². The van der Waals surface area contributed by atoms with Crippen molar-refractivity contribution in [2.45, 2.75) is 46.7 Å². The van der Waals surface area contributed by atoms with Gasteiger partial charge in [-0.1, -0.05) is 23.8 Å². The van der Waals surface area contributed by atoms with Gasteiger partial charge in [0.1, 0.15) is 5.82 Å². The van der Waals surface area contributed by atoms with Crippen LogP contribution in [-0.2, 0) is 0 Å². The van der Waals surface area contributed by atoms with Crippen LogP contribution in [0.5, 0.6) is 0 Å². The summed E-state index contributed by atoms with van der Waals surface area (Å²) in [6.45, 7) is 10.8. The topological polar surface area (TPSA) is 33.1 Å². The van der Waals surface area contributed by atoms with Crippen LogP contribution in [0.2, 0.25) is 0 Å². The molecule has 1 fully saturated rings. The number of benzene rings is 2. The largest absolute Gasteiger partial charge is 0.351 e. The molecule has 1 aliphatic rings. The molecule has 4 aromatic rings. The van der Waals surface area contributed by atoms with E-state index < -0.39 is 0 Å². The van der Waals surface area contributed by atoms with Crippen LogP contribution in [0.1, 0.15) is 51.4 Å². The van der Waals surface area contributed by atoms with E-state index in [9.17, 15) is 4.39 Å².